The molecule has 0 aliphatic carbocycles. The first-order valence-corrected chi connectivity index (χ1v) is 8.43. The zero-order valence-corrected chi connectivity index (χ0v) is 14.2. The zero-order valence-electron chi connectivity index (χ0n) is 13.4. The maximum atomic E-state index is 11.6. The second kappa shape index (κ2) is 7.20. The highest BCUT2D eigenvalue weighted by Gasteiger charge is 2.25. The molecule has 0 saturated heterocycles. The number of hydrogen-bond donors (Lipinski definition) is 1. The van der Waals surface area contributed by atoms with E-state index < -0.39 is 0 Å². The van der Waals surface area contributed by atoms with Crippen molar-refractivity contribution in [3.8, 4) is 0 Å². The molecule has 0 fully saturated rings. The van der Waals surface area contributed by atoms with Gasteiger partial charge in [-0.05, 0) is 6.92 Å². The molecule has 0 saturated carbocycles. The highest BCUT2D eigenvalue weighted by Crippen LogP contribution is 2.23. The molecule has 8 heteroatoms. The van der Waals surface area contributed by atoms with E-state index in [2.05, 4.69) is 30.1 Å². The van der Waals surface area contributed by atoms with E-state index in [1.54, 1.807) is 11.3 Å². The lowest BCUT2D eigenvalue weighted by atomic mass is 10.2. The number of methoxy groups -OCH3 is 1. The van der Waals surface area contributed by atoms with Crippen molar-refractivity contribution in [1.82, 2.24) is 24.8 Å². The van der Waals surface area contributed by atoms with Crippen LogP contribution in [0.15, 0.2) is 17.9 Å². The van der Waals surface area contributed by atoms with Crippen LogP contribution in [0.5, 0.6) is 0 Å². The van der Waals surface area contributed by atoms with E-state index in [1.807, 2.05) is 19.4 Å². The topological polar surface area (TPSA) is 72.3 Å². The van der Waals surface area contributed by atoms with Crippen molar-refractivity contribution < 1.29 is 9.53 Å². The molecule has 0 radical (unpaired) electrons. The van der Waals surface area contributed by atoms with Crippen LogP contribution in [0.4, 0.5) is 0 Å². The van der Waals surface area contributed by atoms with Crippen molar-refractivity contribution >= 4 is 17.2 Å². The minimum absolute atomic E-state index is 0.0889. The van der Waals surface area contributed by atoms with Crippen LogP contribution >= 0.6 is 11.3 Å². The Hall–Kier alpha value is -1.77. The quantitative estimate of drug-likeness (QED) is 0.851. The van der Waals surface area contributed by atoms with Crippen LogP contribution in [-0.2, 0) is 22.6 Å². The lowest BCUT2D eigenvalue weighted by molar-refractivity contribution is -0.124. The van der Waals surface area contributed by atoms with Gasteiger partial charge in [0, 0.05) is 44.0 Å². The minimum Gasteiger partial charge on any atom is -0.375 e. The molecule has 3 heterocycles. The molecule has 0 bridgehead atoms. The van der Waals surface area contributed by atoms with Crippen LogP contribution in [0.25, 0.3) is 0 Å². The average molecular weight is 335 g/mol. The molecular formula is C15H21N5O2S. The Kier molecular flexibility index (Phi) is 5.04. The molecule has 23 heavy (non-hydrogen) atoms. The molecule has 7 nitrogen and oxygen atoms in total. The maximum absolute atomic E-state index is 11.6. The van der Waals surface area contributed by atoms with Gasteiger partial charge in [-0.2, -0.15) is 0 Å². The molecule has 1 aliphatic rings. The third-order valence-corrected chi connectivity index (χ3v) is 4.78. The molecule has 0 unspecified atom stereocenters. The van der Waals surface area contributed by atoms with Gasteiger partial charge in [-0.15, -0.1) is 11.3 Å². The van der Waals surface area contributed by atoms with E-state index in [1.165, 1.54) is 7.11 Å². The van der Waals surface area contributed by atoms with Gasteiger partial charge in [-0.1, -0.05) is 0 Å². The summed E-state index contributed by atoms with van der Waals surface area (Å²) in [5.74, 6) is -0.0955. The lowest BCUT2D eigenvalue weighted by Crippen LogP contribution is -2.42. The fourth-order valence-corrected chi connectivity index (χ4v) is 3.64. The number of carbonyl (C=O) groups is 1. The second-order valence-corrected chi connectivity index (χ2v) is 6.68. The van der Waals surface area contributed by atoms with Crippen molar-refractivity contribution in [2.24, 2.45) is 0 Å². The van der Waals surface area contributed by atoms with Gasteiger partial charge in [0.05, 0.1) is 24.6 Å². The summed E-state index contributed by atoms with van der Waals surface area (Å²) in [7, 11) is 1.52. The SMILES string of the molecule is COCC(=O)NC[C@@H]1CN(Cc2nc(C)cs2)Cc2cncn21. The van der Waals surface area contributed by atoms with E-state index in [-0.39, 0.29) is 18.6 Å². The smallest absolute Gasteiger partial charge is 0.246 e. The molecule has 2 aromatic heterocycles. The maximum Gasteiger partial charge on any atom is 0.246 e. The van der Waals surface area contributed by atoms with Crippen LogP contribution in [0, 0.1) is 6.92 Å². The number of aromatic nitrogens is 3. The van der Waals surface area contributed by atoms with Crippen molar-refractivity contribution in [3.63, 3.8) is 0 Å². The monoisotopic (exact) mass is 335 g/mol. The fraction of sp³-hybridized carbons (Fsp3) is 0.533. The largest absolute Gasteiger partial charge is 0.375 e. The molecule has 2 aromatic rings. The van der Waals surface area contributed by atoms with E-state index >= 15 is 0 Å². The number of aryl methyl sites for hydroxylation is 1. The lowest BCUT2D eigenvalue weighted by Gasteiger charge is -2.34. The van der Waals surface area contributed by atoms with Crippen molar-refractivity contribution in [2.45, 2.75) is 26.1 Å². The van der Waals surface area contributed by atoms with E-state index in [0.717, 1.165) is 36.0 Å². The molecule has 0 spiro atoms. The molecule has 1 aliphatic heterocycles. The predicted molar refractivity (Wildman–Crippen MR) is 87.1 cm³/mol. The number of hydrogen-bond acceptors (Lipinski definition) is 6. The first-order chi connectivity index (χ1) is 11.2. The van der Waals surface area contributed by atoms with Gasteiger partial charge in [0.1, 0.15) is 11.6 Å². The Balaban J connectivity index is 1.66. The number of imidazole rings is 1. The van der Waals surface area contributed by atoms with Gasteiger partial charge in [0.15, 0.2) is 0 Å². The summed E-state index contributed by atoms with van der Waals surface area (Å²) < 4.78 is 7.00. The Bertz CT molecular complexity index is 668. The van der Waals surface area contributed by atoms with E-state index in [0.29, 0.717) is 6.54 Å². The van der Waals surface area contributed by atoms with Gasteiger partial charge in [0.2, 0.25) is 5.91 Å². The number of amides is 1. The van der Waals surface area contributed by atoms with Crippen LogP contribution in [-0.4, -0.2) is 52.1 Å². The summed E-state index contributed by atoms with van der Waals surface area (Å²) in [5, 5.41) is 6.12. The first kappa shape index (κ1) is 16.1. The van der Waals surface area contributed by atoms with Gasteiger partial charge in [-0.25, -0.2) is 9.97 Å². The minimum atomic E-state index is -0.0955. The summed E-state index contributed by atoms with van der Waals surface area (Å²) in [6.07, 6.45) is 3.73. The van der Waals surface area contributed by atoms with Crippen LogP contribution in [0.1, 0.15) is 22.4 Å². The Morgan fingerprint density at radius 2 is 2.43 bits per heavy atom. The molecule has 3 rings (SSSR count). The van der Waals surface area contributed by atoms with Crippen molar-refractivity contribution in [2.75, 3.05) is 26.8 Å². The standard InChI is InChI=1S/C15H21N5O2S/c1-11-9-23-15(18-11)7-19-5-12-3-16-10-20(12)13(6-19)4-17-14(21)8-22-2/h3,9-10,13H,4-8H2,1-2H3,(H,17,21)/t13-/m1/s1. The number of rotatable bonds is 6. The van der Waals surface area contributed by atoms with Gasteiger partial charge < -0.3 is 14.6 Å². The number of thiazole rings is 1. The number of carbonyl (C=O) groups excluding carboxylic acids is 1. The van der Waals surface area contributed by atoms with Crippen LogP contribution in [0.3, 0.4) is 0 Å². The van der Waals surface area contributed by atoms with Crippen LogP contribution in [0.2, 0.25) is 0 Å². The molecule has 124 valence electrons. The summed E-state index contributed by atoms with van der Waals surface area (Å²) in [6.45, 7) is 5.20. The Morgan fingerprint density at radius 3 is 3.17 bits per heavy atom. The molecule has 0 aromatic carbocycles. The zero-order chi connectivity index (χ0) is 16.2. The number of nitrogens with one attached hydrogen (secondary N) is 1. The third-order valence-electron chi connectivity index (χ3n) is 3.83. The van der Waals surface area contributed by atoms with E-state index in [9.17, 15) is 4.79 Å². The summed E-state index contributed by atoms with van der Waals surface area (Å²) in [6, 6.07) is 0.170. The summed E-state index contributed by atoms with van der Waals surface area (Å²) >= 11 is 1.69. The van der Waals surface area contributed by atoms with Gasteiger partial charge in [-0.3, -0.25) is 9.69 Å². The molecule has 1 amide bonds. The highest BCUT2D eigenvalue weighted by atomic mass is 32.1. The van der Waals surface area contributed by atoms with Gasteiger partial charge >= 0.3 is 0 Å². The summed E-state index contributed by atoms with van der Waals surface area (Å²) in [4.78, 5) is 22.8. The van der Waals surface area contributed by atoms with E-state index in [4.69, 9.17) is 4.74 Å². The number of fused-ring (bicyclic) bond motifs is 1. The summed E-state index contributed by atoms with van der Waals surface area (Å²) in [5.41, 5.74) is 2.23. The fourth-order valence-electron chi connectivity index (χ4n) is 2.83. The predicted octanol–water partition coefficient (Wildman–Crippen LogP) is 0.968. The normalized spacial score (nSPS) is 17.9. The number of ether oxygens (including phenoxy) is 1. The van der Waals surface area contributed by atoms with Crippen molar-refractivity contribution in [1.29, 1.82) is 0 Å². The van der Waals surface area contributed by atoms with Crippen molar-refractivity contribution in [3.05, 3.63) is 34.3 Å². The highest BCUT2D eigenvalue weighted by molar-refractivity contribution is 7.09. The first-order valence-electron chi connectivity index (χ1n) is 7.55. The van der Waals surface area contributed by atoms with Gasteiger partial charge in [0.25, 0.3) is 0 Å². The average Bonchev–Trinajstić information content (AvgIpc) is 3.14. The third kappa shape index (κ3) is 3.95. The molecule has 1 atom stereocenters. The molecule has 1 N–H and O–H groups in total. The van der Waals surface area contributed by atoms with Crippen LogP contribution < -0.4 is 5.32 Å². The molecular weight excluding hydrogens is 314 g/mol. The Morgan fingerprint density at radius 1 is 1.57 bits per heavy atom. The Labute approximate surface area is 139 Å². The second-order valence-electron chi connectivity index (χ2n) is 5.74. The number of nitrogens with zero attached hydrogens (tertiary/aromatic N) is 4.